The minimum Gasteiger partial charge on any atom is -0.370 e. The van der Waals surface area contributed by atoms with Crippen molar-refractivity contribution in [1.82, 2.24) is 4.98 Å². The number of pyridine rings is 1. The standard InChI is InChI=1S/C14H19F3N2/c1-3-13(2)6-8-19(9-7-13)11-4-5-12(18-10-11)14(15,16)17/h4-5,10H,3,6-9H2,1-2H3. The molecule has 1 fully saturated rings. The van der Waals surface area contributed by atoms with Crippen LogP contribution in [0.25, 0.3) is 0 Å². The van der Waals surface area contributed by atoms with E-state index >= 15 is 0 Å². The molecule has 2 heterocycles. The fourth-order valence-electron chi connectivity index (χ4n) is 2.40. The Bertz CT molecular complexity index is 417. The predicted molar refractivity (Wildman–Crippen MR) is 69.1 cm³/mol. The van der Waals surface area contributed by atoms with Gasteiger partial charge in [0.2, 0.25) is 0 Å². The van der Waals surface area contributed by atoms with E-state index in [1.54, 1.807) is 0 Å². The minimum absolute atomic E-state index is 0.371. The van der Waals surface area contributed by atoms with Crippen LogP contribution in [0.1, 0.15) is 38.8 Å². The van der Waals surface area contributed by atoms with Gasteiger partial charge in [0.15, 0.2) is 0 Å². The molecule has 0 bridgehead atoms. The van der Waals surface area contributed by atoms with Crippen molar-refractivity contribution in [2.45, 2.75) is 39.3 Å². The molecule has 1 aromatic rings. The molecule has 1 aliphatic rings. The van der Waals surface area contributed by atoms with E-state index in [9.17, 15) is 13.2 Å². The third-order valence-corrected chi connectivity index (χ3v) is 4.23. The van der Waals surface area contributed by atoms with E-state index in [1.165, 1.54) is 12.3 Å². The molecule has 2 rings (SSSR count). The van der Waals surface area contributed by atoms with Crippen LogP contribution in [-0.2, 0) is 6.18 Å². The molecular weight excluding hydrogens is 253 g/mol. The summed E-state index contributed by atoms with van der Waals surface area (Å²) in [5.41, 5.74) is 0.327. The summed E-state index contributed by atoms with van der Waals surface area (Å²) in [6.45, 7) is 6.24. The van der Waals surface area contributed by atoms with Crippen LogP contribution in [0, 0.1) is 5.41 Å². The van der Waals surface area contributed by atoms with Gasteiger partial charge in [0.05, 0.1) is 11.9 Å². The van der Waals surface area contributed by atoms with E-state index in [4.69, 9.17) is 0 Å². The molecule has 1 aromatic heterocycles. The van der Waals surface area contributed by atoms with Gasteiger partial charge in [-0.3, -0.25) is 0 Å². The summed E-state index contributed by atoms with van der Waals surface area (Å²) >= 11 is 0. The Hall–Kier alpha value is -1.26. The summed E-state index contributed by atoms with van der Waals surface area (Å²) < 4.78 is 37.3. The van der Waals surface area contributed by atoms with Crippen molar-refractivity contribution in [3.05, 3.63) is 24.0 Å². The molecule has 1 saturated heterocycles. The highest BCUT2D eigenvalue weighted by Crippen LogP contribution is 2.36. The van der Waals surface area contributed by atoms with E-state index in [-0.39, 0.29) is 0 Å². The third kappa shape index (κ3) is 3.19. The quantitative estimate of drug-likeness (QED) is 0.805. The first kappa shape index (κ1) is 14.2. The van der Waals surface area contributed by atoms with Gasteiger partial charge in [-0.25, -0.2) is 4.98 Å². The summed E-state index contributed by atoms with van der Waals surface area (Å²) in [6, 6.07) is 2.58. The zero-order valence-corrected chi connectivity index (χ0v) is 11.3. The topological polar surface area (TPSA) is 16.1 Å². The first-order valence-electron chi connectivity index (χ1n) is 6.62. The van der Waals surface area contributed by atoms with E-state index < -0.39 is 11.9 Å². The van der Waals surface area contributed by atoms with Gasteiger partial charge in [-0.05, 0) is 30.4 Å². The Labute approximate surface area is 111 Å². The fraction of sp³-hybridized carbons (Fsp3) is 0.643. The molecule has 0 spiro atoms. The summed E-state index contributed by atoms with van der Waals surface area (Å²) in [5, 5.41) is 0. The molecule has 106 valence electrons. The molecule has 0 aliphatic carbocycles. The molecule has 2 nitrogen and oxygen atoms in total. The van der Waals surface area contributed by atoms with Gasteiger partial charge in [-0.15, -0.1) is 0 Å². The van der Waals surface area contributed by atoms with Crippen LogP contribution >= 0.6 is 0 Å². The number of nitrogens with zero attached hydrogens (tertiary/aromatic N) is 2. The number of piperidine rings is 1. The summed E-state index contributed by atoms with van der Waals surface area (Å²) in [7, 11) is 0. The molecule has 0 N–H and O–H groups in total. The van der Waals surface area contributed by atoms with Gasteiger partial charge in [0.25, 0.3) is 0 Å². The van der Waals surface area contributed by atoms with Crippen LogP contribution in [0.2, 0.25) is 0 Å². The van der Waals surface area contributed by atoms with Gasteiger partial charge in [0.1, 0.15) is 5.69 Å². The van der Waals surface area contributed by atoms with Crippen LogP contribution in [0.3, 0.4) is 0 Å². The van der Waals surface area contributed by atoms with Gasteiger partial charge < -0.3 is 4.90 Å². The second-order valence-corrected chi connectivity index (χ2v) is 5.55. The average molecular weight is 272 g/mol. The van der Waals surface area contributed by atoms with Crippen molar-refractivity contribution in [1.29, 1.82) is 0 Å². The van der Waals surface area contributed by atoms with E-state index in [1.807, 2.05) is 0 Å². The van der Waals surface area contributed by atoms with Gasteiger partial charge >= 0.3 is 6.18 Å². The fourth-order valence-corrected chi connectivity index (χ4v) is 2.40. The second kappa shape index (κ2) is 5.02. The van der Waals surface area contributed by atoms with E-state index in [2.05, 4.69) is 23.7 Å². The molecule has 0 amide bonds. The molecule has 0 aromatic carbocycles. The molecule has 0 unspecified atom stereocenters. The maximum Gasteiger partial charge on any atom is 0.433 e. The monoisotopic (exact) mass is 272 g/mol. The Morgan fingerprint density at radius 3 is 2.32 bits per heavy atom. The molecule has 1 aliphatic heterocycles. The molecule has 0 saturated carbocycles. The Morgan fingerprint density at radius 1 is 1.26 bits per heavy atom. The van der Waals surface area contributed by atoms with Crippen LogP contribution in [0.4, 0.5) is 18.9 Å². The molecular formula is C14H19F3N2. The van der Waals surface area contributed by atoms with Crippen molar-refractivity contribution in [3.8, 4) is 0 Å². The Balaban J connectivity index is 2.04. The van der Waals surface area contributed by atoms with Crippen LogP contribution < -0.4 is 4.90 Å². The van der Waals surface area contributed by atoms with Gasteiger partial charge in [-0.2, -0.15) is 13.2 Å². The zero-order valence-electron chi connectivity index (χ0n) is 11.3. The normalized spacial score (nSPS) is 19.5. The molecule has 5 heteroatoms. The van der Waals surface area contributed by atoms with Crippen LogP contribution in [-0.4, -0.2) is 18.1 Å². The smallest absolute Gasteiger partial charge is 0.370 e. The average Bonchev–Trinajstić information content (AvgIpc) is 2.39. The van der Waals surface area contributed by atoms with Crippen molar-refractivity contribution in [3.63, 3.8) is 0 Å². The summed E-state index contributed by atoms with van der Waals surface area (Å²) in [5.74, 6) is 0. The van der Waals surface area contributed by atoms with E-state index in [0.29, 0.717) is 5.41 Å². The maximum absolute atomic E-state index is 12.4. The number of halogens is 3. The highest BCUT2D eigenvalue weighted by Gasteiger charge is 2.33. The van der Waals surface area contributed by atoms with Crippen LogP contribution in [0.5, 0.6) is 0 Å². The minimum atomic E-state index is -4.36. The van der Waals surface area contributed by atoms with Gasteiger partial charge in [0, 0.05) is 13.1 Å². The van der Waals surface area contributed by atoms with Gasteiger partial charge in [-0.1, -0.05) is 20.3 Å². The second-order valence-electron chi connectivity index (χ2n) is 5.55. The lowest BCUT2D eigenvalue weighted by Crippen LogP contribution is -2.38. The first-order valence-corrected chi connectivity index (χ1v) is 6.62. The molecule has 0 radical (unpaired) electrons. The number of rotatable bonds is 2. The SMILES string of the molecule is CCC1(C)CCN(c2ccc(C(F)(F)F)nc2)CC1. The Kier molecular flexibility index (Phi) is 3.74. The first-order chi connectivity index (χ1) is 8.84. The number of hydrogen-bond donors (Lipinski definition) is 0. The van der Waals surface area contributed by atoms with Crippen molar-refractivity contribution in [2.24, 2.45) is 5.41 Å². The molecule has 0 atom stereocenters. The highest BCUT2D eigenvalue weighted by atomic mass is 19.4. The maximum atomic E-state index is 12.4. The summed E-state index contributed by atoms with van der Waals surface area (Å²) in [4.78, 5) is 5.63. The zero-order chi connectivity index (χ0) is 14.1. The third-order valence-electron chi connectivity index (χ3n) is 4.23. The Morgan fingerprint density at radius 2 is 1.89 bits per heavy atom. The number of alkyl halides is 3. The lowest BCUT2D eigenvalue weighted by atomic mass is 9.78. The highest BCUT2D eigenvalue weighted by molar-refractivity contribution is 5.45. The largest absolute Gasteiger partial charge is 0.433 e. The van der Waals surface area contributed by atoms with Crippen molar-refractivity contribution in [2.75, 3.05) is 18.0 Å². The lowest BCUT2D eigenvalue weighted by molar-refractivity contribution is -0.141. The van der Waals surface area contributed by atoms with E-state index in [0.717, 1.165) is 44.1 Å². The number of hydrogen-bond acceptors (Lipinski definition) is 2. The predicted octanol–water partition coefficient (Wildman–Crippen LogP) is 4.12. The lowest BCUT2D eigenvalue weighted by Gasteiger charge is -2.39. The number of aromatic nitrogens is 1. The summed E-state index contributed by atoms with van der Waals surface area (Å²) in [6.07, 6.45) is 0.264. The van der Waals surface area contributed by atoms with Crippen molar-refractivity contribution < 1.29 is 13.2 Å². The number of anilines is 1. The molecule has 19 heavy (non-hydrogen) atoms. The van der Waals surface area contributed by atoms with Crippen molar-refractivity contribution >= 4 is 5.69 Å². The van der Waals surface area contributed by atoms with Crippen LogP contribution in [0.15, 0.2) is 18.3 Å².